The normalized spacial score (nSPS) is 18.7. The van der Waals surface area contributed by atoms with Gasteiger partial charge in [0.15, 0.2) is 0 Å². The fraction of sp³-hybridized carbons (Fsp3) is 0.250. The summed E-state index contributed by atoms with van der Waals surface area (Å²) in [5.41, 5.74) is 3.53. The molecular formula is C20H19NO. The Balaban J connectivity index is 1.91. The van der Waals surface area contributed by atoms with E-state index in [9.17, 15) is 4.79 Å². The smallest absolute Gasteiger partial charge is 0.140 e. The molecule has 22 heavy (non-hydrogen) atoms. The van der Waals surface area contributed by atoms with E-state index in [0.717, 1.165) is 31.4 Å². The van der Waals surface area contributed by atoms with E-state index >= 15 is 0 Å². The molecule has 0 amide bonds. The highest BCUT2D eigenvalue weighted by Crippen LogP contribution is 2.36. The average molecular weight is 289 g/mol. The van der Waals surface area contributed by atoms with Crippen molar-refractivity contribution in [2.45, 2.75) is 31.6 Å². The molecule has 2 nitrogen and oxygen atoms in total. The fourth-order valence-corrected chi connectivity index (χ4v) is 3.60. The Morgan fingerprint density at radius 3 is 2.50 bits per heavy atom. The highest BCUT2D eigenvalue weighted by Gasteiger charge is 2.27. The lowest BCUT2D eigenvalue weighted by Crippen LogP contribution is -2.16. The van der Waals surface area contributed by atoms with Gasteiger partial charge in [-0.25, -0.2) is 0 Å². The summed E-state index contributed by atoms with van der Waals surface area (Å²) < 4.78 is 2.21. The molecule has 1 fully saturated rings. The quantitative estimate of drug-likeness (QED) is 0.660. The topological polar surface area (TPSA) is 22.0 Å². The molecule has 1 aliphatic carbocycles. The van der Waals surface area contributed by atoms with Crippen LogP contribution in [-0.4, -0.2) is 10.4 Å². The van der Waals surface area contributed by atoms with Crippen molar-refractivity contribution in [1.82, 2.24) is 4.57 Å². The number of ketones is 1. The maximum Gasteiger partial charge on any atom is 0.140 e. The Bertz CT molecular complexity index is 816. The van der Waals surface area contributed by atoms with Gasteiger partial charge in [0.05, 0.1) is 5.52 Å². The number of aromatic nitrogens is 1. The van der Waals surface area contributed by atoms with Gasteiger partial charge in [0.2, 0.25) is 0 Å². The Kier molecular flexibility index (Phi) is 3.30. The second kappa shape index (κ2) is 5.45. The van der Waals surface area contributed by atoms with Crippen LogP contribution in [0.15, 0.2) is 60.8 Å². The molecule has 1 saturated carbocycles. The summed E-state index contributed by atoms with van der Waals surface area (Å²) in [5, 5.41) is 1.21. The third-order valence-corrected chi connectivity index (χ3v) is 4.71. The van der Waals surface area contributed by atoms with Gasteiger partial charge >= 0.3 is 0 Å². The summed E-state index contributed by atoms with van der Waals surface area (Å²) in [6.07, 6.45) is 6.10. The summed E-state index contributed by atoms with van der Waals surface area (Å²) >= 11 is 0. The van der Waals surface area contributed by atoms with Crippen molar-refractivity contribution in [3.05, 3.63) is 66.4 Å². The lowest BCUT2D eigenvalue weighted by atomic mass is 9.83. The first-order valence-electron chi connectivity index (χ1n) is 8.03. The first-order valence-corrected chi connectivity index (χ1v) is 8.03. The van der Waals surface area contributed by atoms with Gasteiger partial charge < -0.3 is 4.57 Å². The van der Waals surface area contributed by atoms with Gasteiger partial charge in [-0.2, -0.15) is 0 Å². The highest BCUT2D eigenvalue weighted by atomic mass is 16.1. The zero-order valence-electron chi connectivity index (χ0n) is 12.5. The molecule has 0 spiro atoms. The Hall–Kier alpha value is -2.35. The van der Waals surface area contributed by atoms with Crippen LogP contribution in [0.2, 0.25) is 0 Å². The minimum Gasteiger partial charge on any atom is -0.316 e. The van der Waals surface area contributed by atoms with Crippen LogP contribution in [0.5, 0.6) is 0 Å². The van der Waals surface area contributed by atoms with Crippen molar-refractivity contribution >= 4 is 16.7 Å². The summed E-state index contributed by atoms with van der Waals surface area (Å²) in [5.74, 6) is 0.478. The number of hydrogen-bond acceptors (Lipinski definition) is 1. The summed E-state index contributed by atoms with van der Waals surface area (Å²) in [6, 6.07) is 18.8. The summed E-state index contributed by atoms with van der Waals surface area (Å²) in [6.45, 7) is 0. The molecule has 0 N–H and O–H groups in total. The van der Waals surface area contributed by atoms with Gasteiger partial charge in [-0.05, 0) is 36.6 Å². The van der Waals surface area contributed by atoms with E-state index in [1.165, 1.54) is 16.5 Å². The van der Waals surface area contributed by atoms with Crippen molar-refractivity contribution in [2.24, 2.45) is 0 Å². The lowest BCUT2D eigenvalue weighted by molar-refractivity contribution is -0.121. The van der Waals surface area contributed by atoms with Crippen molar-refractivity contribution in [3.8, 4) is 5.69 Å². The second-order valence-corrected chi connectivity index (χ2v) is 6.07. The van der Waals surface area contributed by atoms with Crippen LogP contribution in [-0.2, 0) is 4.79 Å². The van der Waals surface area contributed by atoms with Gasteiger partial charge in [0.25, 0.3) is 0 Å². The Morgan fingerprint density at radius 1 is 0.909 bits per heavy atom. The number of Topliss-reactive ketones (excluding diaryl/α,β-unsaturated/α-hetero) is 1. The third kappa shape index (κ3) is 2.16. The molecule has 1 atom stereocenters. The predicted octanol–water partition coefficient (Wildman–Crippen LogP) is 4.86. The number of benzene rings is 2. The number of nitrogens with zero attached hydrogens (tertiary/aromatic N) is 1. The van der Waals surface area contributed by atoms with Crippen LogP contribution in [0, 0.1) is 0 Å². The molecule has 0 aliphatic heterocycles. The number of carbonyl (C=O) groups is 1. The molecule has 3 aromatic rings. The van der Waals surface area contributed by atoms with Gasteiger partial charge in [0.1, 0.15) is 5.78 Å². The molecule has 2 heteroatoms. The first-order chi connectivity index (χ1) is 10.8. The molecule has 2 aromatic carbocycles. The minimum atomic E-state index is 0.0728. The van der Waals surface area contributed by atoms with E-state index in [0.29, 0.717) is 5.78 Å². The van der Waals surface area contributed by atoms with Crippen LogP contribution in [0.25, 0.3) is 16.6 Å². The highest BCUT2D eigenvalue weighted by molar-refractivity contribution is 5.94. The van der Waals surface area contributed by atoms with Crippen LogP contribution in [0.1, 0.15) is 37.2 Å². The van der Waals surface area contributed by atoms with Crippen molar-refractivity contribution in [1.29, 1.82) is 0 Å². The maximum atomic E-state index is 12.4. The number of rotatable bonds is 2. The van der Waals surface area contributed by atoms with E-state index in [2.05, 4.69) is 59.3 Å². The van der Waals surface area contributed by atoms with Gasteiger partial charge in [-0.3, -0.25) is 4.79 Å². The molecule has 1 unspecified atom stereocenters. The van der Waals surface area contributed by atoms with E-state index < -0.39 is 0 Å². The number of para-hydroxylation sites is 2. The molecule has 1 heterocycles. The van der Waals surface area contributed by atoms with E-state index in [4.69, 9.17) is 0 Å². The molecule has 0 bridgehead atoms. The Labute approximate surface area is 130 Å². The van der Waals surface area contributed by atoms with Crippen LogP contribution >= 0.6 is 0 Å². The number of fused-ring (bicyclic) bond motifs is 1. The fourth-order valence-electron chi connectivity index (χ4n) is 3.60. The largest absolute Gasteiger partial charge is 0.316 e. The number of hydrogen-bond donors (Lipinski definition) is 0. The zero-order valence-corrected chi connectivity index (χ0v) is 12.5. The third-order valence-electron chi connectivity index (χ3n) is 4.71. The molecular weight excluding hydrogens is 270 g/mol. The number of carbonyl (C=O) groups excluding carboxylic acids is 1. The van der Waals surface area contributed by atoms with Gasteiger partial charge in [-0.15, -0.1) is 0 Å². The molecule has 4 rings (SSSR count). The lowest BCUT2D eigenvalue weighted by Gasteiger charge is -2.19. The van der Waals surface area contributed by atoms with Gasteiger partial charge in [0, 0.05) is 29.6 Å². The van der Waals surface area contributed by atoms with Crippen LogP contribution < -0.4 is 0 Å². The van der Waals surface area contributed by atoms with Crippen LogP contribution in [0.3, 0.4) is 0 Å². The maximum absolute atomic E-state index is 12.4. The molecule has 1 aliphatic rings. The monoisotopic (exact) mass is 289 g/mol. The summed E-state index contributed by atoms with van der Waals surface area (Å²) in [4.78, 5) is 12.4. The standard InChI is InChI=1S/C20H19NO/c22-20-13-7-5-11-17(20)18-14-21(15-8-2-1-3-9-15)19-12-6-4-10-16(18)19/h1-4,6,8-10,12,14,17H,5,7,11,13H2. The first kappa shape index (κ1) is 13.3. The SMILES string of the molecule is O=C1CCCCC1c1cn(-c2ccccc2)c2ccccc12. The molecule has 0 radical (unpaired) electrons. The molecule has 1 aromatic heterocycles. The van der Waals surface area contributed by atoms with E-state index in [-0.39, 0.29) is 5.92 Å². The van der Waals surface area contributed by atoms with Crippen molar-refractivity contribution in [3.63, 3.8) is 0 Å². The minimum absolute atomic E-state index is 0.0728. The summed E-state index contributed by atoms with van der Waals surface area (Å²) in [7, 11) is 0. The Morgan fingerprint density at radius 2 is 1.68 bits per heavy atom. The second-order valence-electron chi connectivity index (χ2n) is 6.07. The van der Waals surface area contributed by atoms with Crippen molar-refractivity contribution in [2.75, 3.05) is 0 Å². The van der Waals surface area contributed by atoms with E-state index in [1.807, 2.05) is 6.07 Å². The van der Waals surface area contributed by atoms with Crippen molar-refractivity contribution < 1.29 is 4.79 Å². The zero-order chi connectivity index (χ0) is 14.9. The van der Waals surface area contributed by atoms with Gasteiger partial charge in [-0.1, -0.05) is 42.8 Å². The molecule has 0 saturated heterocycles. The van der Waals surface area contributed by atoms with Crippen LogP contribution in [0.4, 0.5) is 0 Å². The van der Waals surface area contributed by atoms with E-state index in [1.54, 1.807) is 0 Å². The average Bonchev–Trinajstić information content (AvgIpc) is 2.96. The predicted molar refractivity (Wildman–Crippen MR) is 89.5 cm³/mol. The molecule has 110 valence electrons.